The lowest BCUT2D eigenvalue weighted by atomic mass is 10.1. The number of hydrogen-bond donors (Lipinski definition) is 0. The van der Waals surface area contributed by atoms with E-state index in [1.165, 1.54) is 5.57 Å². The van der Waals surface area contributed by atoms with Crippen LogP contribution < -0.4 is 0 Å². The maximum Gasteiger partial charge on any atom is 0.203 e. The van der Waals surface area contributed by atoms with Crippen LogP contribution in [0.25, 0.3) is 0 Å². The molecule has 56 valence electrons. The Labute approximate surface area is 65.8 Å². The molecule has 0 amide bonds. The van der Waals surface area contributed by atoms with Crippen LogP contribution >= 0.6 is 0 Å². The lowest BCUT2D eigenvalue weighted by Crippen LogP contribution is -2.15. The van der Waals surface area contributed by atoms with Gasteiger partial charge in [0.2, 0.25) is 5.88 Å². The Morgan fingerprint density at radius 1 is 1.45 bits per heavy atom. The first-order valence-corrected chi connectivity index (χ1v) is 3.49. The summed E-state index contributed by atoms with van der Waals surface area (Å²) in [5, 5.41) is 0. The molecule has 2 aliphatic rings. The first-order chi connectivity index (χ1) is 5.29. The summed E-state index contributed by atoms with van der Waals surface area (Å²) in [5.74, 6) is 0.834. The Morgan fingerprint density at radius 2 is 2.27 bits per heavy atom. The second kappa shape index (κ2) is 2.02. The second-order valence-corrected chi connectivity index (χ2v) is 2.57. The van der Waals surface area contributed by atoms with Gasteiger partial charge in [0.1, 0.15) is 6.26 Å². The van der Waals surface area contributed by atoms with E-state index in [0.29, 0.717) is 0 Å². The minimum Gasteiger partial charge on any atom is -0.447 e. The molecular formula is C9H9NO. The van der Waals surface area contributed by atoms with E-state index in [-0.39, 0.29) is 0 Å². The van der Waals surface area contributed by atoms with Crippen LogP contribution in [0.3, 0.4) is 0 Å². The molecule has 2 rings (SSSR count). The molecule has 0 atom stereocenters. The van der Waals surface area contributed by atoms with Gasteiger partial charge in [0.15, 0.2) is 0 Å². The topological polar surface area (TPSA) is 12.5 Å². The zero-order chi connectivity index (χ0) is 7.84. The molecule has 2 aliphatic heterocycles. The Morgan fingerprint density at radius 3 is 3.09 bits per heavy atom. The monoisotopic (exact) mass is 147 g/mol. The predicted molar refractivity (Wildman–Crippen MR) is 43.0 cm³/mol. The SMILES string of the molecule is C=C1C(C)=CC=C2OC=CN12. The summed E-state index contributed by atoms with van der Waals surface area (Å²) in [6.07, 6.45) is 7.46. The fourth-order valence-electron chi connectivity index (χ4n) is 1.12. The average molecular weight is 147 g/mol. The smallest absolute Gasteiger partial charge is 0.203 e. The fraction of sp³-hybridized carbons (Fsp3) is 0.111. The molecule has 0 radical (unpaired) electrons. The van der Waals surface area contributed by atoms with Crippen LogP contribution in [0.4, 0.5) is 0 Å². The summed E-state index contributed by atoms with van der Waals surface area (Å²) < 4.78 is 5.18. The normalized spacial score (nSPS) is 20.8. The summed E-state index contributed by atoms with van der Waals surface area (Å²) in [6, 6.07) is 0. The number of rotatable bonds is 0. The maximum atomic E-state index is 5.18. The maximum absolute atomic E-state index is 5.18. The van der Waals surface area contributed by atoms with Crippen molar-refractivity contribution in [3.63, 3.8) is 0 Å². The Bertz CT molecular complexity index is 297. The number of nitrogens with zero attached hydrogens (tertiary/aromatic N) is 1. The van der Waals surface area contributed by atoms with Crippen LogP contribution in [-0.4, -0.2) is 4.90 Å². The molecule has 0 saturated heterocycles. The molecule has 0 fully saturated rings. The van der Waals surface area contributed by atoms with Crippen LogP contribution in [0.15, 0.2) is 48.3 Å². The minimum absolute atomic E-state index is 0.834. The number of fused-ring (bicyclic) bond motifs is 1. The van der Waals surface area contributed by atoms with E-state index in [9.17, 15) is 0 Å². The summed E-state index contributed by atoms with van der Waals surface area (Å²) in [4.78, 5) is 1.93. The lowest BCUT2D eigenvalue weighted by Gasteiger charge is -2.22. The van der Waals surface area contributed by atoms with Gasteiger partial charge in [-0.1, -0.05) is 12.7 Å². The summed E-state index contributed by atoms with van der Waals surface area (Å²) in [6.45, 7) is 5.95. The third kappa shape index (κ3) is 0.792. The van der Waals surface area contributed by atoms with Crippen molar-refractivity contribution in [3.05, 3.63) is 48.3 Å². The molecule has 2 heteroatoms. The molecule has 0 aromatic heterocycles. The van der Waals surface area contributed by atoms with E-state index in [2.05, 4.69) is 6.58 Å². The van der Waals surface area contributed by atoms with Gasteiger partial charge >= 0.3 is 0 Å². The zero-order valence-electron chi connectivity index (χ0n) is 6.37. The van der Waals surface area contributed by atoms with Crippen LogP contribution in [0.2, 0.25) is 0 Å². The van der Waals surface area contributed by atoms with Crippen LogP contribution in [0.1, 0.15) is 6.92 Å². The van der Waals surface area contributed by atoms with E-state index in [4.69, 9.17) is 4.74 Å². The Hall–Kier alpha value is -1.44. The third-order valence-corrected chi connectivity index (χ3v) is 1.86. The molecular weight excluding hydrogens is 138 g/mol. The average Bonchev–Trinajstić information content (AvgIpc) is 2.45. The molecule has 11 heavy (non-hydrogen) atoms. The molecule has 2 heterocycles. The molecule has 0 N–H and O–H groups in total. The molecule has 0 unspecified atom stereocenters. The molecule has 0 aromatic rings. The molecule has 2 nitrogen and oxygen atoms in total. The van der Waals surface area contributed by atoms with E-state index in [0.717, 1.165) is 11.6 Å². The van der Waals surface area contributed by atoms with Gasteiger partial charge in [-0.3, -0.25) is 4.90 Å². The van der Waals surface area contributed by atoms with Crippen LogP contribution in [0, 0.1) is 0 Å². The number of ether oxygens (including phenoxy) is 1. The van der Waals surface area contributed by atoms with Crippen LogP contribution in [-0.2, 0) is 4.74 Å². The lowest BCUT2D eigenvalue weighted by molar-refractivity contribution is 0.298. The quantitative estimate of drug-likeness (QED) is 0.520. The van der Waals surface area contributed by atoms with E-state index < -0.39 is 0 Å². The second-order valence-electron chi connectivity index (χ2n) is 2.57. The van der Waals surface area contributed by atoms with E-state index >= 15 is 0 Å². The molecule has 0 aliphatic carbocycles. The first-order valence-electron chi connectivity index (χ1n) is 3.49. The zero-order valence-corrected chi connectivity index (χ0v) is 6.37. The highest BCUT2D eigenvalue weighted by atomic mass is 16.5. The van der Waals surface area contributed by atoms with Crippen molar-refractivity contribution < 1.29 is 4.74 Å². The van der Waals surface area contributed by atoms with Gasteiger partial charge in [-0.2, -0.15) is 0 Å². The van der Waals surface area contributed by atoms with Gasteiger partial charge in [0, 0.05) is 11.9 Å². The first kappa shape index (κ1) is 6.28. The van der Waals surface area contributed by atoms with Gasteiger partial charge in [-0.15, -0.1) is 0 Å². The van der Waals surface area contributed by atoms with Gasteiger partial charge in [-0.25, -0.2) is 0 Å². The number of allylic oxidation sites excluding steroid dienone is 3. The van der Waals surface area contributed by atoms with Crippen molar-refractivity contribution in [3.8, 4) is 0 Å². The van der Waals surface area contributed by atoms with Crippen molar-refractivity contribution in [1.29, 1.82) is 0 Å². The number of hydrogen-bond acceptors (Lipinski definition) is 2. The van der Waals surface area contributed by atoms with Crippen molar-refractivity contribution >= 4 is 0 Å². The minimum atomic E-state index is 0.834. The fourth-order valence-corrected chi connectivity index (χ4v) is 1.12. The van der Waals surface area contributed by atoms with Gasteiger partial charge < -0.3 is 4.74 Å². The largest absolute Gasteiger partial charge is 0.447 e. The standard InChI is InChI=1S/C9H9NO/c1-7-3-4-9-10(8(7)2)5-6-11-9/h3-6H,2H2,1H3. The third-order valence-electron chi connectivity index (χ3n) is 1.86. The van der Waals surface area contributed by atoms with Gasteiger partial charge in [-0.05, 0) is 18.6 Å². The van der Waals surface area contributed by atoms with Crippen molar-refractivity contribution in [2.75, 3.05) is 0 Å². The molecule has 0 bridgehead atoms. The summed E-state index contributed by atoms with van der Waals surface area (Å²) >= 11 is 0. The van der Waals surface area contributed by atoms with Crippen molar-refractivity contribution in [2.24, 2.45) is 0 Å². The molecule has 0 saturated carbocycles. The predicted octanol–water partition coefficient (Wildman–Crippen LogP) is 2.10. The summed E-state index contributed by atoms with van der Waals surface area (Å²) in [7, 11) is 0. The van der Waals surface area contributed by atoms with E-state index in [1.807, 2.05) is 30.2 Å². The Kier molecular flexibility index (Phi) is 1.15. The molecule has 0 aromatic carbocycles. The summed E-state index contributed by atoms with van der Waals surface area (Å²) in [5.41, 5.74) is 2.15. The van der Waals surface area contributed by atoms with Crippen molar-refractivity contribution in [2.45, 2.75) is 6.92 Å². The highest BCUT2D eigenvalue weighted by Crippen LogP contribution is 2.28. The van der Waals surface area contributed by atoms with E-state index in [1.54, 1.807) is 6.26 Å². The molecule has 0 spiro atoms. The van der Waals surface area contributed by atoms with Crippen molar-refractivity contribution in [1.82, 2.24) is 4.90 Å². The Balaban J connectivity index is 2.42. The highest BCUT2D eigenvalue weighted by molar-refractivity contribution is 5.38. The highest BCUT2D eigenvalue weighted by Gasteiger charge is 2.19. The van der Waals surface area contributed by atoms with Gasteiger partial charge in [0.05, 0.1) is 0 Å². The van der Waals surface area contributed by atoms with Crippen LogP contribution in [0.5, 0.6) is 0 Å². The van der Waals surface area contributed by atoms with Gasteiger partial charge in [0.25, 0.3) is 0 Å².